The quantitative estimate of drug-likeness (QED) is 0.909. The lowest BCUT2D eigenvalue weighted by Gasteiger charge is -2.11. The van der Waals surface area contributed by atoms with Gasteiger partial charge in [0, 0.05) is 30.1 Å². The molecule has 0 aliphatic carbocycles. The smallest absolute Gasteiger partial charge is 0.255 e. The molecule has 6 nitrogen and oxygen atoms in total. The van der Waals surface area contributed by atoms with Gasteiger partial charge < -0.3 is 15.4 Å². The first kappa shape index (κ1) is 15.5. The Morgan fingerprint density at radius 2 is 1.91 bits per heavy atom. The van der Waals surface area contributed by atoms with Gasteiger partial charge in [0.25, 0.3) is 5.91 Å². The zero-order chi connectivity index (χ0) is 16.1. The molecule has 1 aromatic heterocycles. The average molecular weight is 299 g/mol. The molecule has 0 fully saturated rings. The van der Waals surface area contributed by atoms with Gasteiger partial charge in [-0.2, -0.15) is 0 Å². The summed E-state index contributed by atoms with van der Waals surface area (Å²) in [6, 6.07) is 8.33. The van der Waals surface area contributed by atoms with Crippen molar-refractivity contribution in [2.24, 2.45) is 0 Å². The van der Waals surface area contributed by atoms with Gasteiger partial charge in [0.1, 0.15) is 5.75 Å². The summed E-state index contributed by atoms with van der Waals surface area (Å²) >= 11 is 0. The molecule has 0 unspecified atom stereocenters. The number of anilines is 2. The van der Waals surface area contributed by atoms with Crippen molar-refractivity contribution in [3.63, 3.8) is 0 Å². The van der Waals surface area contributed by atoms with E-state index >= 15 is 0 Å². The van der Waals surface area contributed by atoms with Crippen molar-refractivity contribution in [2.75, 3.05) is 17.7 Å². The van der Waals surface area contributed by atoms with Crippen molar-refractivity contribution in [1.29, 1.82) is 0 Å². The average Bonchev–Trinajstić information content (AvgIpc) is 2.46. The van der Waals surface area contributed by atoms with Crippen molar-refractivity contribution < 1.29 is 14.3 Å². The third kappa shape index (κ3) is 3.82. The summed E-state index contributed by atoms with van der Waals surface area (Å²) < 4.78 is 5.16. The van der Waals surface area contributed by atoms with Crippen LogP contribution in [0.2, 0.25) is 0 Å². The van der Waals surface area contributed by atoms with E-state index in [1.165, 1.54) is 14.0 Å². The van der Waals surface area contributed by atoms with E-state index in [0.717, 1.165) is 5.69 Å². The topological polar surface area (TPSA) is 80.3 Å². The highest BCUT2D eigenvalue weighted by Crippen LogP contribution is 2.26. The van der Waals surface area contributed by atoms with Crippen LogP contribution in [0.3, 0.4) is 0 Å². The van der Waals surface area contributed by atoms with Crippen LogP contribution in [0.4, 0.5) is 11.4 Å². The molecule has 2 rings (SSSR count). The number of aryl methyl sites for hydroxylation is 1. The van der Waals surface area contributed by atoms with E-state index in [0.29, 0.717) is 22.7 Å². The van der Waals surface area contributed by atoms with Crippen LogP contribution in [-0.4, -0.2) is 23.9 Å². The molecule has 0 aliphatic rings. The van der Waals surface area contributed by atoms with Gasteiger partial charge in [0.05, 0.1) is 12.8 Å². The number of pyridine rings is 1. The number of carbonyl (C=O) groups is 2. The van der Waals surface area contributed by atoms with Gasteiger partial charge in [-0.05, 0) is 37.3 Å². The SMILES string of the molecule is COc1ccc(C(=O)Nc2ccnc(C)c2)cc1NC(C)=O. The van der Waals surface area contributed by atoms with Gasteiger partial charge in [0.2, 0.25) is 5.91 Å². The first-order chi connectivity index (χ1) is 10.5. The van der Waals surface area contributed by atoms with E-state index < -0.39 is 0 Å². The number of nitrogens with zero attached hydrogens (tertiary/aromatic N) is 1. The van der Waals surface area contributed by atoms with Gasteiger partial charge in [0.15, 0.2) is 0 Å². The Kier molecular flexibility index (Phi) is 4.73. The highest BCUT2D eigenvalue weighted by Gasteiger charge is 2.11. The van der Waals surface area contributed by atoms with E-state index in [1.807, 2.05) is 6.92 Å². The summed E-state index contributed by atoms with van der Waals surface area (Å²) in [7, 11) is 1.50. The lowest BCUT2D eigenvalue weighted by Crippen LogP contribution is -2.14. The number of nitrogens with one attached hydrogen (secondary N) is 2. The minimum absolute atomic E-state index is 0.236. The van der Waals surface area contributed by atoms with E-state index in [1.54, 1.807) is 36.5 Å². The molecule has 114 valence electrons. The standard InChI is InChI=1S/C16H17N3O3/c1-10-8-13(6-7-17-10)19-16(21)12-4-5-15(22-3)14(9-12)18-11(2)20/h4-9H,1-3H3,(H,18,20)(H,17,19,21). The van der Waals surface area contributed by atoms with Crippen molar-refractivity contribution in [2.45, 2.75) is 13.8 Å². The predicted octanol–water partition coefficient (Wildman–Crippen LogP) is 2.61. The molecule has 22 heavy (non-hydrogen) atoms. The summed E-state index contributed by atoms with van der Waals surface area (Å²) in [5, 5.41) is 5.42. The molecule has 0 radical (unpaired) electrons. The molecule has 0 saturated carbocycles. The number of hydrogen-bond donors (Lipinski definition) is 2. The van der Waals surface area contributed by atoms with Gasteiger partial charge in [-0.1, -0.05) is 0 Å². The van der Waals surface area contributed by atoms with E-state index in [2.05, 4.69) is 15.6 Å². The maximum atomic E-state index is 12.3. The Morgan fingerprint density at radius 3 is 2.55 bits per heavy atom. The number of carbonyl (C=O) groups excluding carboxylic acids is 2. The molecule has 2 N–H and O–H groups in total. The first-order valence-electron chi connectivity index (χ1n) is 6.69. The largest absolute Gasteiger partial charge is 0.495 e. The maximum absolute atomic E-state index is 12.3. The maximum Gasteiger partial charge on any atom is 0.255 e. The van der Waals surface area contributed by atoms with Crippen LogP contribution in [0.5, 0.6) is 5.75 Å². The van der Waals surface area contributed by atoms with Gasteiger partial charge in [-0.25, -0.2) is 0 Å². The van der Waals surface area contributed by atoms with Crippen molar-refractivity contribution in [3.05, 3.63) is 47.8 Å². The molecule has 6 heteroatoms. The van der Waals surface area contributed by atoms with Crippen LogP contribution in [0, 0.1) is 6.92 Å². The third-order valence-corrected chi connectivity index (χ3v) is 2.93. The summed E-state index contributed by atoms with van der Waals surface area (Å²) in [6.45, 7) is 3.24. The Hall–Kier alpha value is -2.89. The Labute approximate surface area is 128 Å². The fourth-order valence-corrected chi connectivity index (χ4v) is 1.96. The van der Waals surface area contributed by atoms with Gasteiger partial charge in [-0.3, -0.25) is 14.6 Å². The second kappa shape index (κ2) is 6.71. The van der Waals surface area contributed by atoms with Crippen molar-refractivity contribution in [1.82, 2.24) is 4.98 Å². The van der Waals surface area contributed by atoms with Gasteiger partial charge in [-0.15, -0.1) is 0 Å². The predicted molar refractivity (Wildman–Crippen MR) is 84.2 cm³/mol. The Balaban J connectivity index is 2.24. The zero-order valence-corrected chi connectivity index (χ0v) is 12.6. The third-order valence-electron chi connectivity index (χ3n) is 2.93. The highest BCUT2D eigenvalue weighted by atomic mass is 16.5. The zero-order valence-electron chi connectivity index (χ0n) is 12.6. The molecule has 1 aromatic carbocycles. The normalized spacial score (nSPS) is 9.95. The highest BCUT2D eigenvalue weighted by molar-refractivity contribution is 6.05. The van der Waals surface area contributed by atoms with Crippen LogP contribution >= 0.6 is 0 Å². The first-order valence-corrected chi connectivity index (χ1v) is 6.69. The lowest BCUT2D eigenvalue weighted by atomic mass is 10.1. The molecule has 2 amide bonds. The summed E-state index contributed by atoms with van der Waals surface area (Å²) in [4.78, 5) is 27.6. The summed E-state index contributed by atoms with van der Waals surface area (Å²) in [5.74, 6) is -0.0213. The molecule has 1 heterocycles. The number of amides is 2. The monoisotopic (exact) mass is 299 g/mol. The van der Waals surface area contributed by atoms with E-state index in [9.17, 15) is 9.59 Å². The van der Waals surface area contributed by atoms with Crippen LogP contribution in [0.25, 0.3) is 0 Å². The fourth-order valence-electron chi connectivity index (χ4n) is 1.96. The van der Waals surface area contributed by atoms with Crippen LogP contribution in [-0.2, 0) is 4.79 Å². The minimum atomic E-state index is -0.278. The van der Waals surface area contributed by atoms with Crippen molar-refractivity contribution in [3.8, 4) is 5.75 Å². The number of benzene rings is 1. The lowest BCUT2D eigenvalue weighted by molar-refractivity contribution is -0.114. The van der Waals surface area contributed by atoms with Crippen LogP contribution in [0.15, 0.2) is 36.5 Å². The molecule has 0 bridgehead atoms. The number of ether oxygens (including phenoxy) is 1. The number of methoxy groups -OCH3 is 1. The molecular weight excluding hydrogens is 282 g/mol. The summed E-state index contributed by atoms with van der Waals surface area (Å²) in [6.07, 6.45) is 1.63. The molecule has 2 aromatic rings. The fraction of sp³-hybridized carbons (Fsp3) is 0.188. The van der Waals surface area contributed by atoms with E-state index in [4.69, 9.17) is 4.74 Å². The number of aromatic nitrogens is 1. The molecule has 0 atom stereocenters. The number of hydrogen-bond acceptors (Lipinski definition) is 4. The molecule has 0 spiro atoms. The second-order valence-electron chi connectivity index (χ2n) is 4.74. The van der Waals surface area contributed by atoms with Crippen LogP contribution in [0.1, 0.15) is 23.0 Å². The Morgan fingerprint density at radius 1 is 1.14 bits per heavy atom. The van der Waals surface area contributed by atoms with E-state index in [-0.39, 0.29) is 11.8 Å². The van der Waals surface area contributed by atoms with Crippen molar-refractivity contribution >= 4 is 23.2 Å². The van der Waals surface area contributed by atoms with Crippen LogP contribution < -0.4 is 15.4 Å². The Bertz CT molecular complexity index is 714. The van der Waals surface area contributed by atoms with Gasteiger partial charge >= 0.3 is 0 Å². The minimum Gasteiger partial charge on any atom is -0.495 e. The second-order valence-corrected chi connectivity index (χ2v) is 4.74. The molecular formula is C16H17N3O3. The molecule has 0 saturated heterocycles. The number of rotatable bonds is 4. The molecule has 0 aliphatic heterocycles. The summed E-state index contributed by atoms with van der Waals surface area (Å²) in [5.41, 5.74) is 2.34.